The molecule has 0 N–H and O–H groups in total. The molecule has 0 amide bonds. The minimum absolute atomic E-state index is 0.339. The van der Waals surface area contributed by atoms with Crippen LogP contribution in [0.1, 0.15) is 87.6 Å². The number of furan rings is 1. The highest BCUT2D eigenvalue weighted by Gasteiger charge is 2.17. The summed E-state index contributed by atoms with van der Waals surface area (Å²) in [6.45, 7) is 8.29. The second-order valence-electron chi connectivity index (χ2n) is 5.82. The van der Waals surface area contributed by atoms with Crippen molar-refractivity contribution in [3.8, 4) is 11.8 Å². The summed E-state index contributed by atoms with van der Waals surface area (Å²) in [6, 6.07) is 1.76. The van der Waals surface area contributed by atoms with Gasteiger partial charge < -0.3 is 9.15 Å². The second kappa shape index (κ2) is 11.6. The van der Waals surface area contributed by atoms with E-state index in [1.54, 1.807) is 19.9 Å². The highest BCUT2D eigenvalue weighted by molar-refractivity contribution is 5.92. The fourth-order valence-electron chi connectivity index (χ4n) is 2.31. The Morgan fingerprint density at radius 3 is 2.62 bits per heavy atom. The fourth-order valence-corrected chi connectivity index (χ4v) is 2.31. The summed E-state index contributed by atoms with van der Waals surface area (Å²) >= 11 is 0. The third-order valence-corrected chi connectivity index (χ3v) is 3.71. The summed E-state index contributed by atoms with van der Waals surface area (Å²) in [5.74, 6) is 7.37. The molecule has 0 bridgehead atoms. The first-order chi connectivity index (χ1) is 11.6. The lowest BCUT2D eigenvalue weighted by Crippen LogP contribution is -2.04. The van der Waals surface area contributed by atoms with Gasteiger partial charge in [0.2, 0.25) is 0 Å². The van der Waals surface area contributed by atoms with E-state index in [2.05, 4.69) is 31.8 Å². The quantitative estimate of drug-likeness (QED) is 0.320. The molecule has 0 unspecified atom stereocenters. The van der Waals surface area contributed by atoms with Gasteiger partial charge in [0.25, 0.3) is 0 Å². The molecule has 0 spiro atoms. The molecule has 0 fully saturated rings. The molecule has 3 nitrogen and oxygen atoms in total. The Hall–Kier alpha value is -1.95. The number of aryl methyl sites for hydroxylation is 1. The number of carbonyl (C=O) groups excluding carboxylic acids is 1. The van der Waals surface area contributed by atoms with Crippen LogP contribution in [0, 0.1) is 18.8 Å². The number of carbonyl (C=O) groups is 1. The van der Waals surface area contributed by atoms with E-state index in [0.29, 0.717) is 23.7 Å². The monoisotopic (exact) mass is 330 g/mol. The van der Waals surface area contributed by atoms with Gasteiger partial charge in [-0.1, -0.05) is 57.4 Å². The normalized spacial score (nSPS) is 11.1. The number of esters is 1. The van der Waals surface area contributed by atoms with Crippen molar-refractivity contribution in [2.75, 3.05) is 6.61 Å². The molecular formula is C21H30O3. The van der Waals surface area contributed by atoms with Gasteiger partial charge in [-0.05, 0) is 32.8 Å². The summed E-state index contributed by atoms with van der Waals surface area (Å²) in [5.41, 5.74) is 1.36. The SMILES string of the molecule is CCCC/C=C(\C#CCCCCC)c1cc(C(=O)OCC)c(C)o1. The minimum atomic E-state index is -0.339. The number of rotatable bonds is 9. The van der Waals surface area contributed by atoms with E-state index in [9.17, 15) is 4.79 Å². The van der Waals surface area contributed by atoms with Gasteiger partial charge in [0.15, 0.2) is 0 Å². The molecule has 0 saturated heterocycles. The van der Waals surface area contributed by atoms with Crippen LogP contribution in [0.5, 0.6) is 0 Å². The number of hydrogen-bond donors (Lipinski definition) is 0. The van der Waals surface area contributed by atoms with E-state index >= 15 is 0 Å². The zero-order valence-corrected chi connectivity index (χ0v) is 15.5. The van der Waals surface area contributed by atoms with Crippen LogP contribution in [-0.4, -0.2) is 12.6 Å². The number of hydrogen-bond acceptors (Lipinski definition) is 3. The Kier molecular flexibility index (Phi) is 9.68. The smallest absolute Gasteiger partial charge is 0.341 e. The van der Waals surface area contributed by atoms with E-state index in [1.807, 2.05) is 0 Å². The molecule has 0 aliphatic heterocycles. The van der Waals surface area contributed by atoms with E-state index < -0.39 is 0 Å². The van der Waals surface area contributed by atoms with Gasteiger partial charge in [0, 0.05) is 6.42 Å². The maximum atomic E-state index is 12.0. The van der Waals surface area contributed by atoms with Crippen molar-refractivity contribution >= 4 is 11.5 Å². The standard InChI is InChI=1S/C21H30O3/c1-5-8-10-11-13-15-18(14-12-9-6-2)20-16-19(17(4)24-20)21(22)23-7-3/h14,16H,5-12H2,1-4H3/b18-14+. The maximum absolute atomic E-state index is 12.0. The number of allylic oxidation sites excluding steroid dienone is 2. The van der Waals surface area contributed by atoms with E-state index in [4.69, 9.17) is 9.15 Å². The highest BCUT2D eigenvalue weighted by atomic mass is 16.5. The van der Waals surface area contributed by atoms with Crippen LogP contribution >= 0.6 is 0 Å². The third-order valence-electron chi connectivity index (χ3n) is 3.71. The molecular weight excluding hydrogens is 300 g/mol. The van der Waals surface area contributed by atoms with Crippen LogP contribution in [-0.2, 0) is 4.74 Å². The van der Waals surface area contributed by atoms with Crippen LogP contribution < -0.4 is 0 Å². The van der Waals surface area contributed by atoms with Crippen molar-refractivity contribution in [1.82, 2.24) is 0 Å². The van der Waals surface area contributed by atoms with Gasteiger partial charge in [-0.2, -0.15) is 0 Å². The Morgan fingerprint density at radius 1 is 1.21 bits per heavy atom. The van der Waals surface area contributed by atoms with Crippen molar-refractivity contribution in [3.63, 3.8) is 0 Å². The number of unbranched alkanes of at least 4 members (excludes halogenated alkanes) is 5. The summed E-state index contributed by atoms with van der Waals surface area (Å²) in [6.07, 6.45) is 9.75. The van der Waals surface area contributed by atoms with Gasteiger partial charge in [0.05, 0.1) is 12.2 Å². The predicted octanol–water partition coefficient (Wildman–Crippen LogP) is 5.92. The van der Waals surface area contributed by atoms with Gasteiger partial charge in [-0.3, -0.25) is 0 Å². The molecule has 1 heterocycles. The van der Waals surface area contributed by atoms with Gasteiger partial charge in [0.1, 0.15) is 17.1 Å². The van der Waals surface area contributed by atoms with Crippen molar-refractivity contribution in [2.45, 2.75) is 72.6 Å². The molecule has 1 rings (SSSR count). The van der Waals surface area contributed by atoms with E-state index in [0.717, 1.165) is 37.7 Å². The molecule has 0 aromatic carbocycles. The molecule has 0 atom stereocenters. The van der Waals surface area contributed by atoms with Crippen molar-refractivity contribution in [3.05, 3.63) is 29.2 Å². The summed E-state index contributed by atoms with van der Waals surface area (Å²) < 4.78 is 10.9. The van der Waals surface area contributed by atoms with Gasteiger partial charge in [-0.15, -0.1) is 0 Å². The molecule has 1 aromatic heterocycles. The lowest BCUT2D eigenvalue weighted by atomic mass is 10.1. The first kappa shape index (κ1) is 20.1. The first-order valence-corrected chi connectivity index (χ1v) is 9.10. The molecule has 3 heteroatoms. The Balaban J connectivity index is 2.95. The first-order valence-electron chi connectivity index (χ1n) is 9.10. The minimum Gasteiger partial charge on any atom is -0.462 e. The molecule has 0 radical (unpaired) electrons. The molecule has 0 aliphatic carbocycles. The van der Waals surface area contributed by atoms with Crippen LogP contribution in [0.3, 0.4) is 0 Å². The maximum Gasteiger partial charge on any atom is 0.341 e. The lowest BCUT2D eigenvalue weighted by molar-refractivity contribution is 0.0524. The lowest BCUT2D eigenvalue weighted by Gasteiger charge is -1.97. The highest BCUT2D eigenvalue weighted by Crippen LogP contribution is 2.23. The van der Waals surface area contributed by atoms with E-state index in [-0.39, 0.29) is 5.97 Å². The summed E-state index contributed by atoms with van der Waals surface area (Å²) in [4.78, 5) is 12.0. The molecule has 0 aliphatic rings. The zero-order chi connectivity index (χ0) is 17.8. The van der Waals surface area contributed by atoms with Crippen LogP contribution in [0.2, 0.25) is 0 Å². The predicted molar refractivity (Wildman–Crippen MR) is 98.8 cm³/mol. The average Bonchev–Trinajstić information content (AvgIpc) is 2.95. The van der Waals surface area contributed by atoms with Crippen molar-refractivity contribution in [2.24, 2.45) is 0 Å². The van der Waals surface area contributed by atoms with Crippen LogP contribution in [0.15, 0.2) is 16.6 Å². The topological polar surface area (TPSA) is 39.4 Å². The van der Waals surface area contributed by atoms with Crippen molar-refractivity contribution in [1.29, 1.82) is 0 Å². The fraction of sp³-hybridized carbons (Fsp3) is 0.571. The zero-order valence-electron chi connectivity index (χ0n) is 15.5. The summed E-state index contributed by atoms with van der Waals surface area (Å²) in [5, 5.41) is 0. The second-order valence-corrected chi connectivity index (χ2v) is 5.82. The summed E-state index contributed by atoms with van der Waals surface area (Å²) in [7, 11) is 0. The molecule has 24 heavy (non-hydrogen) atoms. The Bertz CT molecular complexity index is 596. The number of ether oxygens (including phenoxy) is 1. The largest absolute Gasteiger partial charge is 0.462 e. The van der Waals surface area contributed by atoms with Gasteiger partial charge in [-0.25, -0.2) is 4.79 Å². The average molecular weight is 330 g/mol. The molecule has 1 aromatic rings. The van der Waals surface area contributed by atoms with Crippen LogP contribution in [0.25, 0.3) is 5.57 Å². The van der Waals surface area contributed by atoms with E-state index in [1.165, 1.54) is 12.8 Å². The van der Waals surface area contributed by atoms with Gasteiger partial charge >= 0.3 is 5.97 Å². The third kappa shape index (κ3) is 6.66. The van der Waals surface area contributed by atoms with Crippen molar-refractivity contribution < 1.29 is 13.9 Å². The van der Waals surface area contributed by atoms with Crippen LogP contribution in [0.4, 0.5) is 0 Å². The molecule has 0 saturated carbocycles. The Labute approximate surface area is 146 Å². The molecule has 132 valence electrons. The Morgan fingerprint density at radius 2 is 1.96 bits per heavy atom.